The molecule has 1 N–H and O–H groups in total. The molecule has 1 heterocycles. The Balaban J connectivity index is 2.34. The van der Waals surface area contributed by atoms with E-state index in [2.05, 4.69) is 10.3 Å². The van der Waals surface area contributed by atoms with E-state index in [0.717, 1.165) is 0 Å². The number of benzene rings is 1. The number of nitro benzene ring substituents is 1. The first-order valence-corrected chi connectivity index (χ1v) is 7.77. The second-order valence-corrected chi connectivity index (χ2v) is 5.18. The van der Waals surface area contributed by atoms with Crippen molar-refractivity contribution in [3.8, 4) is 6.19 Å². The highest BCUT2D eigenvalue weighted by Gasteiger charge is 2.21. The van der Waals surface area contributed by atoms with Gasteiger partial charge in [-0.3, -0.25) is 15.4 Å². The van der Waals surface area contributed by atoms with E-state index in [0.29, 0.717) is 42.8 Å². The Morgan fingerprint density at radius 1 is 1.55 bits per heavy atom. The third-order valence-electron chi connectivity index (χ3n) is 3.09. The van der Waals surface area contributed by atoms with Crippen LogP contribution < -0.4 is 10.2 Å². The van der Waals surface area contributed by atoms with Crippen molar-refractivity contribution in [1.29, 1.82) is 5.26 Å². The van der Waals surface area contributed by atoms with Gasteiger partial charge in [0.2, 0.25) is 0 Å². The quantitative estimate of drug-likeness (QED) is 0.226. The van der Waals surface area contributed by atoms with E-state index >= 15 is 0 Å². The summed E-state index contributed by atoms with van der Waals surface area (Å²) in [6.07, 6.45) is 3.55. The SMILES string of the molecule is CSC(=Nc1ccc(N2CCOCC2)c([N+](=O)[O-])c1)NC#N. The van der Waals surface area contributed by atoms with Crippen LogP contribution in [0.1, 0.15) is 0 Å². The Morgan fingerprint density at radius 2 is 2.27 bits per heavy atom. The molecule has 22 heavy (non-hydrogen) atoms. The van der Waals surface area contributed by atoms with Crippen molar-refractivity contribution in [2.24, 2.45) is 4.99 Å². The average molecular weight is 321 g/mol. The zero-order chi connectivity index (χ0) is 15.9. The van der Waals surface area contributed by atoms with Crippen LogP contribution in [-0.4, -0.2) is 42.7 Å². The van der Waals surface area contributed by atoms with E-state index in [-0.39, 0.29) is 5.69 Å². The fourth-order valence-electron chi connectivity index (χ4n) is 2.09. The van der Waals surface area contributed by atoms with E-state index in [1.165, 1.54) is 17.8 Å². The number of amidine groups is 1. The predicted octanol–water partition coefficient (Wildman–Crippen LogP) is 1.85. The summed E-state index contributed by atoms with van der Waals surface area (Å²) in [5, 5.41) is 22.8. The molecule has 0 atom stereocenters. The topological polar surface area (TPSA) is 104 Å². The number of hydrogen-bond acceptors (Lipinski definition) is 7. The van der Waals surface area contributed by atoms with Crippen LogP contribution in [0.3, 0.4) is 0 Å². The molecule has 116 valence electrons. The lowest BCUT2D eigenvalue weighted by atomic mass is 10.2. The van der Waals surface area contributed by atoms with Gasteiger partial charge in [0.25, 0.3) is 5.69 Å². The van der Waals surface area contributed by atoms with Gasteiger partial charge in [-0.15, -0.1) is 0 Å². The highest BCUT2D eigenvalue weighted by atomic mass is 32.2. The average Bonchev–Trinajstić information content (AvgIpc) is 2.55. The highest BCUT2D eigenvalue weighted by Crippen LogP contribution is 2.32. The summed E-state index contributed by atoms with van der Waals surface area (Å²) in [6.45, 7) is 2.35. The second-order valence-electron chi connectivity index (χ2n) is 4.39. The zero-order valence-corrected chi connectivity index (χ0v) is 12.8. The molecule has 0 spiro atoms. The van der Waals surface area contributed by atoms with Crippen molar-refractivity contribution in [2.75, 3.05) is 37.5 Å². The van der Waals surface area contributed by atoms with Crippen molar-refractivity contribution in [3.05, 3.63) is 28.3 Å². The third-order valence-corrected chi connectivity index (χ3v) is 3.67. The maximum Gasteiger partial charge on any atom is 0.294 e. The maximum absolute atomic E-state index is 11.3. The van der Waals surface area contributed by atoms with Crippen LogP contribution in [0.2, 0.25) is 0 Å². The molecular weight excluding hydrogens is 306 g/mol. The van der Waals surface area contributed by atoms with E-state index < -0.39 is 4.92 Å². The number of morpholine rings is 1. The molecule has 0 bridgehead atoms. The summed E-state index contributed by atoms with van der Waals surface area (Å²) in [5.74, 6) is 0. The van der Waals surface area contributed by atoms with Gasteiger partial charge in [0.15, 0.2) is 11.4 Å². The normalized spacial score (nSPS) is 15.3. The van der Waals surface area contributed by atoms with Crippen LogP contribution in [0.15, 0.2) is 23.2 Å². The molecule has 1 aromatic carbocycles. The van der Waals surface area contributed by atoms with Gasteiger partial charge in [0.1, 0.15) is 5.69 Å². The molecule has 1 aliphatic heterocycles. The number of nitrogens with one attached hydrogen (secondary N) is 1. The lowest BCUT2D eigenvalue weighted by Crippen LogP contribution is -2.36. The molecular formula is C13H15N5O3S. The lowest BCUT2D eigenvalue weighted by molar-refractivity contribution is -0.384. The van der Waals surface area contributed by atoms with Crippen LogP contribution in [-0.2, 0) is 4.74 Å². The number of ether oxygens (including phenoxy) is 1. The first kappa shape index (κ1) is 16.1. The molecule has 8 nitrogen and oxygen atoms in total. The molecule has 0 saturated carbocycles. The number of hydrogen-bond donors (Lipinski definition) is 1. The van der Waals surface area contributed by atoms with Crippen LogP contribution >= 0.6 is 11.8 Å². The summed E-state index contributed by atoms with van der Waals surface area (Å²) >= 11 is 1.26. The molecule has 9 heteroatoms. The molecule has 1 aliphatic rings. The molecule has 2 rings (SSSR count). The summed E-state index contributed by atoms with van der Waals surface area (Å²) in [7, 11) is 0. The van der Waals surface area contributed by atoms with Gasteiger partial charge in [0.05, 0.1) is 23.8 Å². The van der Waals surface area contributed by atoms with Gasteiger partial charge in [-0.05, 0) is 18.4 Å². The first-order valence-electron chi connectivity index (χ1n) is 6.54. The fraction of sp³-hybridized carbons (Fsp3) is 0.385. The van der Waals surface area contributed by atoms with Crippen LogP contribution in [0, 0.1) is 21.6 Å². The minimum absolute atomic E-state index is 0.000519. The molecule has 1 fully saturated rings. The summed E-state index contributed by atoms with van der Waals surface area (Å²) in [6, 6.07) is 4.81. The summed E-state index contributed by atoms with van der Waals surface area (Å²) < 4.78 is 5.26. The maximum atomic E-state index is 11.3. The minimum atomic E-state index is -0.416. The van der Waals surface area contributed by atoms with Crippen molar-refractivity contribution in [1.82, 2.24) is 5.32 Å². The first-order chi connectivity index (χ1) is 10.7. The Bertz CT molecular complexity index is 623. The van der Waals surface area contributed by atoms with Gasteiger partial charge in [-0.25, -0.2) is 4.99 Å². The van der Waals surface area contributed by atoms with E-state index in [9.17, 15) is 10.1 Å². The predicted molar refractivity (Wildman–Crippen MR) is 85.5 cm³/mol. The Morgan fingerprint density at radius 3 is 2.86 bits per heavy atom. The van der Waals surface area contributed by atoms with Gasteiger partial charge in [0, 0.05) is 19.2 Å². The molecule has 0 aromatic heterocycles. The molecule has 1 saturated heterocycles. The van der Waals surface area contributed by atoms with E-state index in [1.807, 2.05) is 4.90 Å². The van der Waals surface area contributed by atoms with Crippen LogP contribution in [0.4, 0.5) is 17.1 Å². The molecule has 0 radical (unpaired) electrons. The largest absolute Gasteiger partial charge is 0.378 e. The standard InChI is InChI=1S/C13H15N5O3S/c1-22-13(15-9-14)16-10-2-3-11(12(8-10)18(19)20)17-4-6-21-7-5-17/h2-3,8H,4-7H2,1H3,(H,15,16). The fourth-order valence-corrected chi connectivity index (χ4v) is 2.43. The number of aliphatic imine (C=N–C) groups is 1. The Hall–Kier alpha value is -2.31. The van der Waals surface area contributed by atoms with Gasteiger partial charge in [-0.2, -0.15) is 5.26 Å². The van der Waals surface area contributed by atoms with E-state index in [1.54, 1.807) is 24.6 Å². The lowest BCUT2D eigenvalue weighted by Gasteiger charge is -2.28. The van der Waals surface area contributed by atoms with Crippen molar-refractivity contribution < 1.29 is 9.66 Å². The molecule has 0 aliphatic carbocycles. The molecule has 1 aromatic rings. The van der Waals surface area contributed by atoms with Crippen molar-refractivity contribution >= 4 is 34.0 Å². The highest BCUT2D eigenvalue weighted by molar-refractivity contribution is 8.13. The number of thioether (sulfide) groups is 1. The Labute approximate surface area is 131 Å². The minimum Gasteiger partial charge on any atom is -0.378 e. The number of anilines is 1. The smallest absolute Gasteiger partial charge is 0.294 e. The van der Waals surface area contributed by atoms with Crippen LogP contribution in [0.25, 0.3) is 0 Å². The molecule has 0 unspecified atom stereocenters. The summed E-state index contributed by atoms with van der Waals surface area (Å²) in [4.78, 5) is 17.0. The number of rotatable bonds is 3. The monoisotopic (exact) mass is 321 g/mol. The number of nitrogens with zero attached hydrogens (tertiary/aromatic N) is 4. The van der Waals surface area contributed by atoms with Gasteiger partial charge >= 0.3 is 0 Å². The van der Waals surface area contributed by atoms with E-state index in [4.69, 9.17) is 10.00 Å². The van der Waals surface area contributed by atoms with Gasteiger partial charge in [-0.1, -0.05) is 11.8 Å². The number of nitro groups is 1. The molecule has 0 amide bonds. The second kappa shape index (κ2) is 7.63. The Kier molecular flexibility index (Phi) is 5.57. The third kappa shape index (κ3) is 3.87. The van der Waals surface area contributed by atoms with Crippen molar-refractivity contribution in [3.63, 3.8) is 0 Å². The summed E-state index contributed by atoms with van der Waals surface area (Å²) in [5.41, 5.74) is 0.988. The zero-order valence-electron chi connectivity index (χ0n) is 12.0. The van der Waals surface area contributed by atoms with Gasteiger partial charge < -0.3 is 9.64 Å². The van der Waals surface area contributed by atoms with Crippen molar-refractivity contribution in [2.45, 2.75) is 0 Å². The number of nitriles is 1. The van der Waals surface area contributed by atoms with Crippen LogP contribution in [0.5, 0.6) is 0 Å².